The fourth-order valence-corrected chi connectivity index (χ4v) is 9.87. The third kappa shape index (κ3) is 11.6. The monoisotopic (exact) mass is 994 g/mol. The van der Waals surface area contributed by atoms with Crippen molar-refractivity contribution in [2.75, 3.05) is 0 Å². The van der Waals surface area contributed by atoms with Crippen molar-refractivity contribution >= 4 is 22.7 Å². The van der Waals surface area contributed by atoms with E-state index in [0.29, 0.717) is 23.6 Å². The van der Waals surface area contributed by atoms with Crippen LogP contribution in [-0.2, 0) is 10.8 Å². The molecule has 0 saturated carbocycles. The molecule has 0 spiro atoms. The molecule has 0 fully saturated rings. The number of hydrogen-bond donors (Lipinski definition) is 0. The van der Waals surface area contributed by atoms with Crippen molar-refractivity contribution in [2.45, 2.75) is 66.2 Å². The molecule has 8 heteroatoms. The second-order valence-electron chi connectivity index (χ2n) is 20.1. The zero-order valence-electron chi connectivity index (χ0n) is 42.4. The second-order valence-corrected chi connectivity index (χ2v) is 22.2. The molecule has 10 rings (SSSR count). The maximum absolute atomic E-state index is 6.11. The van der Waals surface area contributed by atoms with Crippen LogP contribution in [0.4, 0.5) is 0 Å². The largest absolute Gasteiger partial charge is 0.416 e. The van der Waals surface area contributed by atoms with Gasteiger partial charge in [0.05, 0.1) is 19.5 Å². The number of hydrogen-bond acceptors (Lipinski definition) is 8. The first-order valence-corrected chi connectivity index (χ1v) is 25.9. The Morgan fingerprint density at radius 2 is 0.608 bits per heavy atom. The van der Waals surface area contributed by atoms with Gasteiger partial charge in [-0.05, 0) is 145 Å². The van der Waals surface area contributed by atoms with Crippen LogP contribution in [0.25, 0.3) is 55.6 Å². The van der Waals surface area contributed by atoms with E-state index >= 15 is 0 Å². The van der Waals surface area contributed by atoms with Crippen LogP contribution < -0.4 is 0 Å². The molecule has 10 aromatic rings. The van der Waals surface area contributed by atoms with Gasteiger partial charge in [-0.15, -0.1) is 43.1 Å². The van der Waals surface area contributed by atoms with E-state index in [2.05, 4.69) is 184 Å². The molecule has 358 valence electrons. The van der Waals surface area contributed by atoms with Gasteiger partial charge in [0.25, 0.3) is 0 Å². The number of aromatic nitrogens is 4. The third-order valence-corrected chi connectivity index (χ3v) is 14.5. The molecule has 0 aliphatic heterocycles. The molecule has 0 unspecified atom stereocenters. The maximum Gasteiger partial charge on any atom is 0.248 e. The van der Waals surface area contributed by atoms with Gasteiger partial charge in [0.1, 0.15) is 0 Å². The number of thiophene rings is 2. The smallest absolute Gasteiger partial charge is 0.248 e. The molecule has 6 nitrogen and oxygen atoms in total. The summed E-state index contributed by atoms with van der Waals surface area (Å²) >= 11 is 3.21. The molecule has 6 aromatic carbocycles. The Bertz CT molecular complexity index is 3640. The molecule has 0 bridgehead atoms. The lowest BCUT2D eigenvalue weighted by Crippen LogP contribution is -2.10. The quantitative estimate of drug-likeness (QED) is 0.160. The van der Waals surface area contributed by atoms with Crippen molar-refractivity contribution in [1.29, 1.82) is 0 Å². The Morgan fingerprint density at radius 1 is 0.338 bits per heavy atom. The van der Waals surface area contributed by atoms with Gasteiger partial charge in [0.15, 0.2) is 0 Å². The van der Waals surface area contributed by atoms with E-state index in [0.717, 1.165) is 75.1 Å². The van der Waals surface area contributed by atoms with Crippen molar-refractivity contribution in [1.82, 2.24) is 20.4 Å². The van der Waals surface area contributed by atoms with Crippen LogP contribution in [-0.4, -0.2) is 20.4 Å². The van der Waals surface area contributed by atoms with Gasteiger partial charge in [-0.2, -0.15) is 0 Å². The van der Waals surface area contributed by atoms with Crippen molar-refractivity contribution < 1.29 is 8.83 Å². The van der Waals surface area contributed by atoms with Crippen molar-refractivity contribution in [3.8, 4) is 103 Å². The van der Waals surface area contributed by atoms with Gasteiger partial charge >= 0.3 is 0 Å². The second kappa shape index (κ2) is 20.8. The first-order valence-electron chi connectivity index (χ1n) is 24.3. The molecule has 0 aliphatic rings. The first-order chi connectivity index (χ1) is 35.7. The summed E-state index contributed by atoms with van der Waals surface area (Å²) in [7, 11) is 0. The van der Waals surface area contributed by atoms with Gasteiger partial charge in [0, 0.05) is 55.6 Å². The Labute approximate surface area is 441 Å². The van der Waals surface area contributed by atoms with Gasteiger partial charge in [0.2, 0.25) is 23.6 Å². The van der Waals surface area contributed by atoms with E-state index in [1.807, 2.05) is 97.1 Å². The standard InChI is InChI=1S/C66H50N4O2S2/c1-43-9-13-45(14-10-43)21-29-53-41-57(39-23-47-17-25-49(26-18-47)61-67-69-63(71-61)51-31-35-55(36-32-51)65(3,4)5)73-59(53)60-54(30-22-46-15-11-44(2)12-16-46)42-58(74-60)40-24-48-19-27-50(28-20-48)62-68-70-64(72-62)52-33-37-56(38-34-52)66(6,7)8/h9-20,25-28,31-38,41-42H,1-8H3. The van der Waals surface area contributed by atoms with E-state index in [4.69, 9.17) is 8.83 Å². The summed E-state index contributed by atoms with van der Waals surface area (Å²) in [6, 6.07) is 53.0. The molecule has 0 saturated heterocycles. The summed E-state index contributed by atoms with van der Waals surface area (Å²) < 4.78 is 12.2. The summed E-state index contributed by atoms with van der Waals surface area (Å²) in [5.74, 6) is 29.3. The lowest BCUT2D eigenvalue weighted by Gasteiger charge is -2.18. The maximum atomic E-state index is 6.11. The number of rotatable bonds is 5. The lowest BCUT2D eigenvalue weighted by molar-refractivity contribution is 0.582. The van der Waals surface area contributed by atoms with Crippen LogP contribution in [0.3, 0.4) is 0 Å². The molecule has 4 aromatic heterocycles. The summed E-state index contributed by atoms with van der Waals surface area (Å²) in [6.45, 7) is 17.3. The molecule has 4 heterocycles. The summed E-state index contributed by atoms with van der Waals surface area (Å²) in [4.78, 5) is 3.73. The minimum Gasteiger partial charge on any atom is -0.416 e. The molecular formula is C66H50N4O2S2. The SMILES string of the molecule is Cc1ccc(C#Cc2cc(C#Cc3ccc(-c4nnc(-c5ccc(C(C)(C)C)cc5)o4)cc3)sc2-c2sc(C#Cc3ccc(-c4nnc(-c5ccc(C(C)(C)C)cc5)o4)cc3)cc2C#Cc2ccc(C)cc2)cc1. The topological polar surface area (TPSA) is 77.8 Å². The minimum absolute atomic E-state index is 0.0563. The average Bonchev–Trinajstić information content (AvgIpc) is 4.25. The Balaban J connectivity index is 0.943. The zero-order chi connectivity index (χ0) is 51.4. The summed E-state index contributed by atoms with van der Waals surface area (Å²) in [5.41, 5.74) is 13.7. The predicted molar refractivity (Wildman–Crippen MR) is 302 cm³/mol. The van der Waals surface area contributed by atoms with Crippen LogP contribution in [0.1, 0.15) is 107 Å². The van der Waals surface area contributed by atoms with Crippen molar-refractivity contribution in [3.05, 3.63) is 223 Å². The Hall–Kier alpha value is -8.76. The van der Waals surface area contributed by atoms with E-state index in [1.54, 1.807) is 22.7 Å². The third-order valence-electron chi connectivity index (χ3n) is 12.2. The van der Waals surface area contributed by atoms with Gasteiger partial charge in [-0.25, -0.2) is 0 Å². The summed E-state index contributed by atoms with van der Waals surface area (Å²) in [6.07, 6.45) is 0. The lowest BCUT2D eigenvalue weighted by atomic mass is 9.87. The Morgan fingerprint density at radius 3 is 0.905 bits per heavy atom. The fourth-order valence-electron chi connectivity index (χ4n) is 7.78. The molecule has 74 heavy (non-hydrogen) atoms. The number of nitrogens with zero attached hydrogens (tertiary/aromatic N) is 4. The highest BCUT2D eigenvalue weighted by Crippen LogP contribution is 2.40. The van der Waals surface area contributed by atoms with Crippen LogP contribution in [0.15, 0.2) is 167 Å². The molecule has 0 atom stereocenters. The normalized spacial score (nSPS) is 11.1. The molecule has 0 amide bonds. The highest BCUT2D eigenvalue weighted by molar-refractivity contribution is 7.23. The highest BCUT2D eigenvalue weighted by atomic mass is 32.1. The van der Waals surface area contributed by atoms with Crippen LogP contribution in [0.5, 0.6) is 0 Å². The molecule has 0 radical (unpaired) electrons. The average molecular weight is 995 g/mol. The van der Waals surface area contributed by atoms with E-state index < -0.39 is 0 Å². The van der Waals surface area contributed by atoms with Crippen LogP contribution in [0, 0.1) is 61.2 Å². The minimum atomic E-state index is 0.0563. The zero-order valence-corrected chi connectivity index (χ0v) is 44.1. The number of aryl methyl sites for hydroxylation is 2. The molecule has 0 aliphatic carbocycles. The van der Waals surface area contributed by atoms with E-state index in [9.17, 15) is 0 Å². The van der Waals surface area contributed by atoms with E-state index in [-0.39, 0.29) is 10.8 Å². The van der Waals surface area contributed by atoms with Gasteiger partial charge in [-0.1, -0.05) is 149 Å². The van der Waals surface area contributed by atoms with Gasteiger partial charge in [-0.3, -0.25) is 0 Å². The van der Waals surface area contributed by atoms with Crippen molar-refractivity contribution in [3.63, 3.8) is 0 Å². The van der Waals surface area contributed by atoms with Crippen LogP contribution >= 0.6 is 22.7 Å². The first kappa shape index (κ1) is 48.8. The molecular weight excluding hydrogens is 945 g/mol. The fraction of sp³-hybridized carbons (Fsp3) is 0.152. The van der Waals surface area contributed by atoms with Gasteiger partial charge < -0.3 is 8.83 Å². The molecule has 0 N–H and O–H groups in total. The highest BCUT2D eigenvalue weighted by Gasteiger charge is 2.19. The van der Waals surface area contributed by atoms with Crippen molar-refractivity contribution in [2.24, 2.45) is 0 Å². The van der Waals surface area contributed by atoms with Crippen LogP contribution in [0.2, 0.25) is 0 Å². The predicted octanol–water partition coefficient (Wildman–Crippen LogP) is 15.7. The number of benzene rings is 6. The summed E-state index contributed by atoms with van der Waals surface area (Å²) in [5, 5.41) is 17.4. The van der Waals surface area contributed by atoms with E-state index in [1.165, 1.54) is 22.3 Å². The Kier molecular flexibility index (Phi) is 13.7.